The summed E-state index contributed by atoms with van der Waals surface area (Å²) in [6.07, 6.45) is 3.17. The Labute approximate surface area is 157 Å². The minimum Gasteiger partial charge on any atom is -0.439 e. The lowest BCUT2D eigenvalue weighted by molar-refractivity contribution is 0.461. The Kier molecular flexibility index (Phi) is 5.80. The van der Waals surface area contributed by atoms with Crippen molar-refractivity contribution in [3.05, 3.63) is 71.1 Å². The molecule has 0 saturated heterocycles. The van der Waals surface area contributed by atoms with Crippen LogP contribution >= 0.6 is 11.6 Å². The molecule has 5 nitrogen and oxygen atoms in total. The predicted octanol–water partition coefficient (Wildman–Crippen LogP) is 4.68. The zero-order chi connectivity index (χ0) is 18.5. The molecule has 0 saturated carbocycles. The number of aromatic nitrogens is 2. The Morgan fingerprint density at radius 3 is 2.69 bits per heavy atom. The van der Waals surface area contributed by atoms with Gasteiger partial charge in [0, 0.05) is 45.8 Å². The van der Waals surface area contributed by atoms with E-state index in [1.807, 2.05) is 0 Å². The van der Waals surface area contributed by atoms with E-state index in [1.165, 1.54) is 24.3 Å². The molecule has 3 aromatic rings. The molecule has 0 bridgehead atoms. The van der Waals surface area contributed by atoms with Crippen molar-refractivity contribution < 1.29 is 13.3 Å². The fourth-order valence-electron chi connectivity index (χ4n) is 2.19. The van der Waals surface area contributed by atoms with Gasteiger partial charge in [0.25, 0.3) is 0 Å². The van der Waals surface area contributed by atoms with Crippen molar-refractivity contribution in [3.63, 3.8) is 0 Å². The van der Waals surface area contributed by atoms with Crippen LogP contribution in [0.3, 0.4) is 0 Å². The third-order valence-corrected chi connectivity index (χ3v) is 4.41. The third-order valence-electron chi connectivity index (χ3n) is 3.33. The van der Waals surface area contributed by atoms with Crippen LogP contribution in [0, 0.1) is 5.82 Å². The number of benzene rings is 2. The van der Waals surface area contributed by atoms with Crippen LogP contribution in [0.25, 0.3) is 0 Å². The molecule has 26 heavy (non-hydrogen) atoms. The SMILES string of the molecule is CS(=O)Cc1cc(Nc2nccc(Oc3ccc(F)cc3)n2)ccc1Cl. The number of rotatable bonds is 6. The van der Waals surface area contributed by atoms with Crippen LogP contribution in [0.15, 0.2) is 54.7 Å². The van der Waals surface area contributed by atoms with Crippen LogP contribution < -0.4 is 10.1 Å². The van der Waals surface area contributed by atoms with Gasteiger partial charge in [0.2, 0.25) is 11.8 Å². The first-order valence-corrected chi connectivity index (χ1v) is 9.72. The minimum atomic E-state index is -1.000. The van der Waals surface area contributed by atoms with Gasteiger partial charge < -0.3 is 10.1 Å². The van der Waals surface area contributed by atoms with Crippen LogP contribution in [0.2, 0.25) is 5.02 Å². The van der Waals surface area contributed by atoms with Crippen molar-refractivity contribution in [2.24, 2.45) is 0 Å². The fourth-order valence-corrected chi connectivity index (χ4v) is 3.13. The van der Waals surface area contributed by atoms with E-state index >= 15 is 0 Å². The average molecular weight is 392 g/mol. The summed E-state index contributed by atoms with van der Waals surface area (Å²) in [4.78, 5) is 8.42. The van der Waals surface area contributed by atoms with Crippen LogP contribution in [0.1, 0.15) is 5.56 Å². The zero-order valence-electron chi connectivity index (χ0n) is 13.8. The van der Waals surface area contributed by atoms with E-state index in [4.69, 9.17) is 16.3 Å². The van der Waals surface area contributed by atoms with Crippen molar-refractivity contribution in [2.45, 2.75) is 5.75 Å². The van der Waals surface area contributed by atoms with Gasteiger partial charge in [-0.3, -0.25) is 4.21 Å². The highest BCUT2D eigenvalue weighted by atomic mass is 35.5. The second kappa shape index (κ2) is 8.25. The van der Waals surface area contributed by atoms with Crippen molar-refractivity contribution in [3.8, 4) is 11.6 Å². The number of anilines is 2. The molecule has 1 N–H and O–H groups in total. The highest BCUT2D eigenvalue weighted by molar-refractivity contribution is 7.83. The molecule has 0 spiro atoms. The molecular weight excluding hydrogens is 377 g/mol. The van der Waals surface area contributed by atoms with Gasteiger partial charge in [-0.2, -0.15) is 4.98 Å². The van der Waals surface area contributed by atoms with Gasteiger partial charge in [-0.05, 0) is 48.0 Å². The van der Waals surface area contributed by atoms with Gasteiger partial charge >= 0.3 is 0 Å². The van der Waals surface area contributed by atoms with Gasteiger partial charge in [0.15, 0.2) is 0 Å². The number of nitrogens with one attached hydrogen (secondary N) is 1. The summed E-state index contributed by atoms with van der Waals surface area (Å²) in [5, 5.41) is 3.62. The second-order valence-electron chi connectivity index (χ2n) is 5.42. The minimum absolute atomic E-state index is 0.318. The lowest BCUT2D eigenvalue weighted by atomic mass is 10.2. The third kappa shape index (κ3) is 5.00. The lowest BCUT2D eigenvalue weighted by Crippen LogP contribution is -2.00. The number of halogens is 2. The van der Waals surface area contributed by atoms with Crippen LogP contribution in [-0.2, 0) is 16.6 Å². The molecule has 0 radical (unpaired) electrons. The summed E-state index contributed by atoms with van der Waals surface area (Å²) >= 11 is 6.13. The van der Waals surface area contributed by atoms with E-state index in [2.05, 4.69) is 15.3 Å². The van der Waals surface area contributed by atoms with E-state index in [1.54, 1.807) is 36.7 Å². The van der Waals surface area contributed by atoms with Gasteiger partial charge in [-0.15, -0.1) is 0 Å². The van der Waals surface area contributed by atoms with Gasteiger partial charge in [0.05, 0.1) is 0 Å². The smallest absolute Gasteiger partial charge is 0.230 e. The summed E-state index contributed by atoms with van der Waals surface area (Å²) < 4.78 is 30.0. The average Bonchev–Trinajstić information content (AvgIpc) is 2.60. The zero-order valence-corrected chi connectivity index (χ0v) is 15.4. The topological polar surface area (TPSA) is 64.1 Å². The molecule has 1 unspecified atom stereocenters. The van der Waals surface area contributed by atoms with Crippen molar-refractivity contribution in [2.75, 3.05) is 11.6 Å². The Hall–Kier alpha value is -2.51. The summed E-state index contributed by atoms with van der Waals surface area (Å²) in [6, 6.07) is 12.6. The first kappa shape index (κ1) is 18.3. The lowest BCUT2D eigenvalue weighted by Gasteiger charge is -2.10. The molecule has 0 aliphatic rings. The molecule has 3 rings (SSSR count). The number of ether oxygens (including phenoxy) is 1. The van der Waals surface area contributed by atoms with E-state index in [0.717, 1.165) is 5.56 Å². The van der Waals surface area contributed by atoms with E-state index in [0.29, 0.717) is 34.0 Å². The summed E-state index contributed by atoms with van der Waals surface area (Å²) in [5.41, 5.74) is 1.49. The Balaban J connectivity index is 1.76. The Bertz CT molecular complexity index is 938. The first-order valence-electron chi connectivity index (χ1n) is 7.61. The van der Waals surface area contributed by atoms with Crippen LogP contribution in [-0.4, -0.2) is 20.4 Å². The maximum Gasteiger partial charge on any atom is 0.230 e. The molecule has 2 aromatic carbocycles. The number of hydrogen-bond acceptors (Lipinski definition) is 5. The van der Waals surface area contributed by atoms with E-state index in [9.17, 15) is 8.60 Å². The van der Waals surface area contributed by atoms with Crippen LogP contribution in [0.4, 0.5) is 16.0 Å². The highest BCUT2D eigenvalue weighted by Crippen LogP contribution is 2.25. The Morgan fingerprint density at radius 2 is 1.96 bits per heavy atom. The normalized spacial score (nSPS) is 11.8. The van der Waals surface area contributed by atoms with Crippen LogP contribution in [0.5, 0.6) is 11.6 Å². The quantitative estimate of drug-likeness (QED) is 0.660. The molecule has 134 valence electrons. The summed E-state index contributed by atoms with van der Waals surface area (Å²) in [6.45, 7) is 0. The summed E-state index contributed by atoms with van der Waals surface area (Å²) in [7, 11) is -1.000. The molecule has 1 atom stereocenters. The molecule has 0 amide bonds. The van der Waals surface area contributed by atoms with E-state index in [-0.39, 0.29) is 5.82 Å². The first-order chi connectivity index (χ1) is 12.5. The van der Waals surface area contributed by atoms with Gasteiger partial charge in [-0.25, -0.2) is 9.37 Å². The molecular formula is C18H15ClFN3O2S. The monoisotopic (exact) mass is 391 g/mol. The summed E-state index contributed by atoms with van der Waals surface area (Å²) in [5.74, 6) is 1.14. The molecule has 0 aliphatic carbocycles. The molecule has 1 heterocycles. The second-order valence-corrected chi connectivity index (χ2v) is 7.27. The Morgan fingerprint density at radius 1 is 1.19 bits per heavy atom. The fraction of sp³-hybridized carbons (Fsp3) is 0.111. The number of hydrogen-bond donors (Lipinski definition) is 1. The molecule has 0 aliphatic heterocycles. The van der Waals surface area contributed by atoms with E-state index < -0.39 is 10.8 Å². The van der Waals surface area contributed by atoms with Crippen molar-refractivity contribution in [1.29, 1.82) is 0 Å². The predicted molar refractivity (Wildman–Crippen MR) is 101 cm³/mol. The number of nitrogens with zero attached hydrogens (tertiary/aromatic N) is 2. The largest absolute Gasteiger partial charge is 0.439 e. The molecule has 8 heteroatoms. The van der Waals surface area contributed by atoms with Crippen molar-refractivity contribution >= 4 is 34.0 Å². The van der Waals surface area contributed by atoms with Gasteiger partial charge in [0.1, 0.15) is 11.6 Å². The highest BCUT2D eigenvalue weighted by Gasteiger charge is 2.07. The van der Waals surface area contributed by atoms with Gasteiger partial charge in [-0.1, -0.05) is 11.6 Å². The molecule has 0 fully saturated rings. The maximum absolute atomic E-state index is 13.0. The maximum atomic E-state index is 13.0. The standard InChI is InChI=1S/C18H15ClFN3O2S/c1-26(24)11-12-10-14(4-7-16(12)19)22-18-21-9-8-17(23-18)25-15-5-2-13(20)3-6-15/h2-10H,11H2,1H3,(H,21,22,23). The van der Waals surface area contributed by atoms with Crippen molar-refractivity contribution in [1.82, 2.24) is 9.97 Å². The molecule has 1 aromatic heterocycles.